The molecule has 0 saturated heterocycles. The minimum absolute atomic E-state index is 0.0110. The summed E-state index contributed by atoms with van der Waals surface area (Å²) < 4.78 is 1.65. The Kier molecular flexibility index (Phi) is 5.93. The first-order valence-corrected chi connectivity index (χ1v) is 9.48. The number of anilines is 2. The largest absolute Gasteiger partial charge is 0.507 e. The fourth-order valence-corrected chi connectivity index (χ4v) is 3.19. The molecule has 3 aromatic carbocycles. The lowest BCUT2D eigenvalue weighted by atomic mass is 10.1. The van der Waals surface area contributed by atoms with Crippen molar-refractivity contribution in [3.8, 4) is 5.75 Å². The van der Waals surface area contributed by atoms with Crippen LogP contribution in [0.4, 0.5) is 11.4 Å². The predicted molar refractivity (Wildman–Crippen MR) is 112 cm³/mol. The third kappa shape index (κ3) is 4.96. The summed E-state index contributed by atoms with van der Waals surface area (Å²) in [5.74, 6) is -1.10. The summed E-state index contributed by atoms with van der Waals surface area (Å²) in [6, 6.07) is 18.4. The van der Waals surface area contributed by atoms with Gasteiger partial charge in [-0.25, -0.2) is 0 Å². The molecule has 3 rings (SSSR count). The number of rotatable bonds is 4. The second kappa shape index (κ2) is 8.37. The Morgan fingerprint density at radius 1 is 0.741 bits per heavy atom. The highest BCUT2D eigenvalue weighted by atomic mass is 79.9. The van der Waals surface area contributed by atoms with Crippen LogP contribution >= 0.6 is 31.9 Å². The Hall–Kier alpha value is -2.64. The number of amides is 2. The molecule has 0 aliphatic carbocycles. The van der Waals surface area contributed by atoms with Gasteiger partial charge in [-0.2, -0.15) is 0 Å². The van der Waals surface area contributed by atoms with Gasteiger partial charge in [-0.15, -0.1) is 0 Å². The number of hydrogen-bond acceptors (Lipinski definition) is 3. The maximum Gasteiger partial charge on any atom is 0.259 e. The molecule has 0 aliphatic heterocycles. The number of phenolic OH excluding ortho intramolecular Hbond substituents is 1. The molecular weight excluding hydrogens is 476 g/mol. The van der Waals surface area contributed by atoms with Crippen molar-refractivity contribution >= 4 is 55.0 Å². The van der Waals surface area contributed by atoms with E-state index < -0.39 is 5.91 Å². The maximum absolute atomic E-state index is 12.5. The number of phenols is 1. The van der Waals surface area contributed by atoms with E-state index in [1.54, 1.807) is 36.4 Å². The van der Waals surface area contributed by atoms with Gasteiger partial charge in [0.05, 0.1) is 5.56 Å². The topological polar surface area (TPSA) is 78.4 Å². The average Bonchev–Trinajstić information content (AvgIpc) is 2.62. The molecule has 0 atom stereocenters. The van der Waals surface area contributed by atoms with Gasteiger partial charge in [-0.3, -0.25) is 9.59 Å². The molecule has 2 amide bonds. The van der Waals surface area contributed by atoms with Gasteiger partial charge in [0.2, 0.25) is 0 Å². The fourth-order valence-electron chi connectivity index (χ4n) is 2.39. The Balaban J connectivity index is 1.81. The Bertz CT molecular complexity index is 1020. The van der Waals surface area contributed by atoms with E-state index in [0.29, 0.717) is 11.4 Å². The molecule has 3 N–H and O–H groups in total. The summed E-state index contributed by atoms with van der Waals surface area (Å²) in [4.78, 5) is 25.0. The monoisotopic (exact) mass is 488 g/mol. The van der Waals surface area contributed by atoms with E-state index in [0.717, 1.165) is 8.95 Å². The molecule has 0 fully saturated rings. The highest BCUT2D eigenvalue weighted by Crippen LogP contribution is 2.23. The van der Waals surface area contributed by atoms with Crippen molar-refractivity contribution in [2.75, 3.05) is 10.6 Å². The number of carbonyl (C=O) groups excluding carboxylic acids is 2. The number of halogens is 2. The van der Waals surface area contributed by atoms with Crippen molar-refractivity contribution in [1.82, 2.24) is 0 Å². The summed E-state index contributed by atoms with van der Waals surface area (Å²) >= 11 is 6.68. The summed E-state index contributed by atoms with van der Waals surface area (Å²) in [7, 11) is 0. The van der Waals surface area contributed by atoms with Crippen LogP contribution in [0.25, 0.3) is 0 Å². The van der Waals surface area contributed by atoms with Crippen molar-refractivity contribution in [2.45, 2.75) is 0 Å². The van der Waals surface area contributed by atoms with Crippen molar-refractivity contribution in [3.05, 3.63) is 86.8 Å². The van der Waals surface area contributed by atoms with Crippen LogP contribution in [0, 0.1) is 0 Å². The van der Waals surface area contributed by atoms with Gasteiger partial charge in [-0.05, 0) is 54.6 Å². The van der Waals surface area contributed by atoms with E-state index in [4.69, 9.17) is 0 Å². The third-order valence-corrected chi connectivity index (χ3v) is 4.65. The quantitative estimate of drug-likeness (QED) is 0.457. The summed E-state index contributed by atoms with van der Waals surface area (Å²) in [6.07, 6.45) is 0. The Morgan fingerprint density at radius 3 is 1.85 bits per heavy atom. The lowest BCUT2D eigenvalue weighted by Crippen LogP contribution is -2.15. The first-order chi connectivity index (χ1) is 12.9. The lowest BCUT2D eigenvalue weighted by Gasteiger charge is -2.10. The summed E-state index contributed by atoms with van der Waals surface area (Å²) in [5, 5.41) is 15.5. The number of nitrogens with one attached hydrogen (secondary N) is 2. The first-order valence-electron chi connectivity index (χ1n) is 7.89. The zero-order chi connectivity index (χ0) is 19.4. The molecular formula is C20H14Br2N2O3. The Labute approximate surface area is 172 Å². The van der Waals surface area contributed by atoms with Crippen LogP contribution in [0.1, 0.15) is 20.7 Å². The van der Waals surface area contributed by atoms with E-state index >= 15 is 0 Å². The van der Waals surface area contributed by atoms with Gasteiger partial charge in [0, 0.05) is 25.9 Å². The van der Waals surface area contributed by atoms with E-state index in [9.17, 15) is 14.7 Å². The zero-order valence-electron chi connectivity index (χ0n) is 13.9. The van der Waals surface area contributed by atoms with Crippen LogP contribution in [-0.4, -0.2) is 16.9 Å². The van der Waals surface area contributed by atoms with Crippen LogP contribution in [0.5, 0.6) is 5.75 Å². The molecule has 0 aliphatic rings. The SMILES string of the molecule is O=C(Nc1cccc(Br)c1)c1ccc(O)c(C(=O)Nc2cccc(Br)c2)c1. The summed E-state index contributed by atoms with van der Waals surface area (Å²) in [6.45, 7) is 0. The smallest absolute Gasteiger partial charge is 0.259 e. The standard InChI is InChI=1S/C20H14Br2N2O3/c21-13-3-1-5-15(10-13)23-19(26)12-7-8-18(25)17(9-12)20(27)24-16-6-2-4-14(22)11-16/h1-11,25H,(H,23,26)(H,24,27). The highest BCUT2D eigenvalue weighted by molar-refractivity contribution is 9.10. The normalized spacial score (nSPS) is 10.3. The molecule has 0 aromatic heterocycles. The van der Waals surface area contributed by atoms with Crippen LogP contribution in [0.3, 0.4) is 0 Å². The minimum atomic E-state index is -0.511. The molecule has 0 heterocycles. The van der Waals surface area contributed by atoms with E-state index in [1.807, 2.05) is 12.1 Å². The maximum atomic E-state index is 12.5. The third-order valence-electron chi connectivity index (χ3n) is 3.67. The molecule has 136 valence electrons. The number of hydrogen-bond donors (Lipinski definition) is 3. The Morgan fingerprint density at radius 2 is 1.30 bits per heavy atom. The molecule has 7 heteroatoms. The van der Waals surface area contributed by atoms with Crippen molar-refractivity contribution in [2.24, 2.45) is 0 Å². The molecule has 0 spiro atoms. The minimum Gasteiger partial charge on any atom is -0.507 e. The van der Waals surface area contributed by atoms with Gasteiger partial charge in [0.1, 0.15) is 5.75 Å². The van der Waals surface area contributed by atoms with Crippen molar-refractivity contribution in [1.29, 1.82) is 0 Å². The zero-order valence-corrected chi connectivity index (χ0v) is 17.0. The van der Waals surface area contributed by atoms with Crippen molar-refractivity contribution < 1.29 is 14.7 Å². The van der Waals surface area contributed by atoms with E-state index in [-0.39, 0.29) is 22.8 Å². The molecule has 0 radical (unpaired) electrons. The van der Waals surface area contributed by atoms with Crippen molar-refractivity contribution in [3.63, 3.8) is 0 Å². The van der Waals surface area contributed by atoms with Gasteiger partial charge in [0.25, 0.3) is 11.8 Å². The summed E-state index contributed by atoms with van der Waals surface area (Å²) in [5.41, 5.74) is 1.45. The number of aromatic hydroxyl groups is 1. The molecule has 0 unspecified atom stereocenters. The number of carbonyl (C=O) groups is 2. The number of benzene rings is 3. The molecule has 0 saturated carbocycles. The highest BCUT2D eigenvalue weighted by Gasteiger charge is 2.16. The van der Waals surface area contributed by atoms with Gasteiger partial charge in [-0.1, -0.05) is 44.0 Å². The fraction of sp³-hybridized carbons (Fsp3) is 0. The van der Waals surface area contributed by atoms with E-state index in [2.05, 4.69) is 42.5 Å². The van der Waals surface area contributed by atoms with E-state index in [1.165, 1.54) is 18.2 Å². The van der Waals surface area contributed by atoms with Crippen LogP contribution in [-0.2, 0) is 0 Å². The second-order valence-electron chi connectivity index (χ2n) is 5.66. The van der Waals surface area contributed by atoms with Crippen LogP contribution in [0.2, 0.25) is 0 Å². The molecule has 5 nitrogen and oxygen atoms in total. The molecule has 27 heavy (non-hydrogen) atoms. The van der Waals surface area contributed by atoms with Crippen LogP contribution < -0.4 is 10.6 Å². The predicted octanol–water partition coefficient (Wildman–Crippen LogP) is 5.42. The molecule has 0 bridgehead atoms. The first kappa shape index (κ1) is 19.1. The van der Waals surface area contributed by atoms with Gasteiger partial charge >= 0.3 is 0 Å². The van der Waals surface area contributed by atoms with Crippen LogP contribution in [0.15, 0.2) is 75.7 Å². The average molecular weight is 490 g/mol. The molecule has 3 aromatic rings. The lowest BCUT2D eigenvalue weighted by molar-refractivity contribution is 0.102. The van der Waals surface area contributed by atoms with Gasteiger partial charge < -0.3 is 15.7 Å². The van der Waals surface area contributed by atoms with Gasteiger partial charge in [0.15, 0.2) is 0 Å². The second-order valence-corrected chi connectivity index (χ2v) is 7.49.